The van der Waals surface area contributed by atoms with Crippen molar-refractivity contribution >= 4 is 5.78 Å². The van der Waals surface area contributed by atoms with Gasteiger partial charge in [-0.05, 0) is 30.2 Å². The maximum atomic E-state index is 14.1. The Kier molecular flexibility index (Phi) is 3.42. The van der Waals surface area contributed by atoms with Gasteiger partial charge in [0.05, 0.1) is 12.7 Å². The predicted molar refractivity (Wildman–Crippen MR) is 68.4 cm³/mol. The molecule has 0 heterocycles. The van der Waals surface area contributed by atoms with Crippen LogP contribution in [0.4, 0.5) is 4.39 Å². The number of rotatable bonds is 3. The number of ether oxygens (including phenoxy) is 1. The number of halogens is 1. The molecule has 0 bridgehead atoms. The van der Waals surface area contributed by atoms with Crippen LogP contribution in [0.5, 0.6) is 5.75 Å². The molecule has 0 amide bonds. The molecule has 0 N–H and O–H groups in total. The third kappa shape index (κ3) is 2.12. The van der Waals surface area contributed by atoms with E-state index in [0.29, 0.717) is 5.56 Å². The van der Waals surface area contributed by atoms with E-state index < -0.39 is 5.82 Å². The van der Waals surface area contributed by atoms with E-state index in [0.717, 1.165) is 5.56 Å². The van der Waals surface area contributed by atoms with Crippen LogP contribution in [-0.2, 0) is 0 Å². The first kappa shape index (κ1) is 12.3. The van der Waals surface area contributed by atoms with E-state index in [-0.39, 0.29) is 17.1 Å². The van der Waals surface area contributed by atoms with E-state index in [9.17, 15) is 9.18 Å². The van der Waals surface area contributed by atoms with Gasteiger partial charge in [-0.25, -0.2) is 4.39 Å². The number of hydrogen-bond acceptors (Lipinski definition) is 2. The first-order valence-electron chi connectivity index (χ1n) is 5.58. The Morgan fingerprint density at radius 3 is 2.33 bits per heavy atom. The summed E-state index contributed by atoms with van der Waals surface area (Å²) in [6, 6.07) is 12.5. The highest BCUT2D eigenvalue weighted by Crippen LogP contribution is 2.31. The van der Waals surface area contributed by atoms with Gasteiger partial charge in [-0.2, -0.15) is 0 Å². The van der Waals surface area contributed by atoms with E-state index in [1.165, 1.54) is 20.1 Å². The molecular weight excluding hydrogens is 231 g/mol. The van der Waals surface area contributed by atoms with Gasteiger partial charge in [0.15, 0.2) is 17.3 Å². The minimum absolute atomic E-state index is 0.0700. The SMILES string of the molecule is COc1ccc(-c2ccccc2)c(C(C)=O)c1F. The molecule has 0 saturated carbocycles. The third-order valence-electron chi connectivity index (χ3n) is 2.76. The normalized spacial score (nSPS) is 10.2. The molecule has 0 aliphatic rings. The quantitative estimate of drug-likeness (QED) is 0.769. The van der Waals surface area contributed by atoms with E-state index in [1.807, 2.05) is 30.3 Å². The number of carbonyl (C=O) groups is 1. The summed E-state index contributed by atoms with van der Waals surface area (Å²) in [6.07, 6.45) is 0. The van der Waals surface area contributed by atoms with Crippen LogP contribution in [0.1, 0.15) is 17.3 Å². The van der Waals surface area contributed by atoms with E-state index in [2.05, 4.69) is 0 Å². The number of benzene rings is 2. The van der Waals surface area contributed by atoms with Gasteiger partial charge in [-0.3, -0.25) is 4.79 Å². The Morgan fingerprint density at radius 1 is 1.11 bits per heavy atom. The Labute approximate surface area is 105 Å². The summed E-state index contributed by atoms with van der Waals surface area (Å²) in [4.78, 5) is 11.6. The van der Waals surface area contributed by atoms with Crippen LogP contribution in [0.15, 0.2) is 42.5 Å². The van der Waals surface area contributed by atoms with Crippen LogP contribution < -0.4 is 4.74 Å². The Hall–Kier alpha value is -2.16. The van der Waals surface area contributed by atoms with Crippen molar-refractivity contribution in [2.24, 2.45) is 0 Å². The Morgan fingerprint density at radius 2 is 1.78 bits per heavy atom. The predicted octanol–water partition coefficient (Wildman–Crippen LogP) is 3.70. The molecule has 0 spiro atoms. The van der Waals surface area contributed by atoms with Crippen molar-refractivity contribution in [2.45, 2.75) is 6.92 Å². The van der Waals surface area contributed by atoms with Crippen LogP contribution in [0.25, 0.3) is 11.1 Å². The fourth-order valence-electron chi connectivity index (χ4n) is 1.92. The van der Waals surface area contributed by atoms with Gasteiger partial charge >= 0.3 is 0 Å². The molecule has 2 nitrogen and oxygen atoms in total. The summed E-state index contributed by atoms with van der Waals surface area (Å²) in [5.74, 6) is -0.837. The second-order valence-electron chi connectivity index (χ2n) is 3.93. The largest absolute Gasteiger partial charge is 0.494 e. The van der Waals surface area contributed by atoms with Crippen molar-refractivity contribution < 1.29 is 13.9 Å². The zero-order valence-corrected chi connectivity index (χ0v) is 10.2. The smallest absolute Gasteiger partial charge is 0.176 e. The average Bonchev–Trinajstić information content (AvgIpc) is 2.39. The summed E-state index contributed by atoms with van der Waals surface area (Å²) in [7, 11) is 1.38. The number of ketones is 1. The van der Waals surface area contributed by atoms with Crippen molar-refractivity contribution in [2.75, 3.05) is 7.11 Å². The minimum Gasteiger partial charge on any atom is -0.494 e. The highest BCUT2D eigenvalue weighted by atomic mass is 19.1. The molecule has 0 unspecified atom stereocenters. The van der Waals surface area contributed by atoms with Gasteiger partial charge in [0.1, 0.15) is 0 Å². The lowest BCUT2D eigenvalue weighted by Gasteiger charge is -2.11. The van der Waals surface area contributed by atoms with Crippen molar-refractivity contribution in [1.82, 2.24) is 0 Å². The second kappa shape index (κ2) is 5.00. The molecule has 0 aliphatic carbocycles. The van der Waals surface area contributed by atoms with Crippen LogP contribution >= 0.6 is 0 Å². The van der Waals surface area contributed by atoms with Crippen molar-refractivity contribution in [3.8, 4) is 16.9 Å². The Bertz CT molecular complexity index is 577. The maximum Gasteiger partial charge on any atom is 0.176 e. The second-order valence-corrected chi connectivity index (χ2v) is 3.93. The van der Waals surface area contributed by atoms with Crippen molar-refractivity contribution in [3.05, 3.63) is 53.8 Å². The lowest BCUT2D eigenvalue weighted by molar-refractivity contribution is 0.101. The fourth-order valence-corrected chi connectivity index (χ4v) is 1.92. The van der Waals surface area contributed by atoms with E-state index in [1.54, 1.807) is 6.07 Å². The molecule has 2 rings (SSSR count). The van der Waals surface area contributed by atoms with Gasteiger partial charge in [-0.1, -0.05) is 30.3 Å². The highest BCUT2D eigenvalue weighted by molar-refractivity contribution is 6.01. The molecule has 0 fully saturated rings. The van der Waals surface area contributed by atoms with Crippen LogP contribution in [0.2, 0.25) is 0 Å². The monoisotopic (exact) mass is 244 g/mol. The third-order valence-corrected chi connectivity index (χ3v) is 2.76. The first-order valence-corrected chi connectivity index (χ1v) is 5.58. The van der Waals surface area contributed by atoms with Gasteiger partial charge in [0, 0.05) is 0 Å². The standard InChI is InChI=1S/C15H13FO2/c1-10(17)14-12(11-6-4-3-5-7-11)8-9-13(18-2)15(14)16/h3-9H,1-2H3. The minimum atomic E-state index is -0.605. The molecule has 0 aromatic heterocycles. The summed E-state index contributed by atoms with van der Waals surface area (Å²) < 4.78 is 19.0. The number of Topliss-reactive ketones (excluding diaryl/α,β-unsaturated/α-hetero) is 1. The van der Waals surface area contributed by atoms with Gasteiger partial charge in [0.25, 0.3) is 0 Å². The Balaban J connectivity index is 2.69. The van der Waals surface area contributed by atoms with Gasteiger partial charge < -0.3 is 4.74 Å². The molecule has 0 aliphatic heterocycles. The molecule has 92 valence electrons. The topological polar surface area (TPSA) is 26.3 Å². The number of hydrogen-bond donors (Lipinski definition) is 0. The van der Waals surface area contributed by atoms with E-state index >= 15 is 0 Å². The summed E-state index contributed by atoms with van der Waals surface area (Å²) >= 11 is 0. The molecular formula is C15H13FO2. The maximum absolute atomic E-state index is 14.1. The molecule has 3 heteroatoms. The average molecular weight is 244 g/mol. The first-order chi connectivity index (χ1) is 8.65. The zero-order valence-electron chi connectivity index (χ0n) is 10.2. The number of methoxy groups -OCH3 is 1. The van der Waals surface area contributed by atoms with Crippen LogP contribution in [0.3, 0.4) is 0 Å². The lowest BCUT2D eigenvalue weighted by atomic mass is 9.96. The van der Waals surface area contributed by atoms with E-state index in [4.69, 9.17) is 4.74 Å². The molecule has 18 heavy (non-hydrogen) atoms. The fraction of sp³-hybridized carbons (Fsp3) is 0.133. The number of carbonyl (C=O) groups excluding carboxylic acids is 1. The molecule has 0 radical (unpaired) electrons. The summed E-state index contributed by atoms with van der Waals surface area (Å²) in [6.45, 7) is 1.35. The lowest BCUT2D eigenvalue weighted by Crippen LogP contribution is -2.03. The van der Waals surface area contributed by atoms with Crippen molar-refractivity contribution in [1.29, 1.82) is 0 Å². The van der Waals surface area contributed by atoms with Gasteiger partial charge in [0.2, 0.25) is 0 Å². The highest BCUT2D eigenvalue weighted by Gasteiger charge is 2.18. The van der Waals surface area contributed by atoms with Crippen molar-refractivity contribution in [3.63, 3.8) is 0 Å². The molecule has 0 atom stereocenters. The van der Waals surface area contributed by atoms with Crippen LogP contribution in [0, 0.1) is 5.82 Å². The zero-order chi connectivity index (χ0) is 13.1. The molecule has 2 aromatic carbocycles. The molecule has 2 aromatic rings. The summed E-state index contributed by atoms with van der Waals surface area (Å²) in [5.41, 5.74) is 1.46. The summed E-state index contributed by atoms with van der Waals surface area (Å²) in [5, 5.41) is 0. The van der Waals surface area contributed by atoms with Gasteiger partial charge in [-0.15, -0.1) is 0 Å². The van der Waals surface area contributed by atoms with Crippen LogP contribution in [-0.4, -0.2) is 12.9 Å². The molecule has 0 saturated heterocycles.